The van der Waals surface area contributed by atoms with Crippen LogP contribution in [0, 0.1) is 0 Å². The third kappa shape index (κ3) is 4.06. The van der Waals surface area contributed by atoms with Gasteiger partial charge < -0.3 is 14.6 Å². The highest BCUT2D eigenvalue weighted by atomic mass is 16.3. The van der Waals surface area contributed by atoms with Crippen molar-refractivity contribution in [3.05, 3.63) is 18.7 Å². The number of nitrogens with zero attached hydrogens (tertiary/aromatic N) is 3. The maximum Gasteiger partial charge on any atom is 0.222 e. The molecule has 1 aromatic heterocycles. The summed E-state index contributed by atoms with van der Waals surface area (Å²) in [6.07, 6.45) is 9.32. The molecule has 0 aliphatic carbocycles. The minimum absolute atomic E-state index is 0.225. The normalized spacial score (nSPS) is 20.7. The van der Waals surface area contributed by atoms with Crippen LogP contribution in [0.5, 0.6) is 0 Å². The predicted molar refractivity (Wildman–Crippen MR) is 72.5 cm³/mol. The van der Waals surface area contributed by atoms with E-state index in [1.807, 2.05) is 15.7 Å². The molecule has 1 fully saturated rings. The molecule has 1 aliphatic rings. The number of rotatable bonds is 6. The Hall–Kier alpha value is -1.36. The van der Waals surface area contributed by atoms with Gasteiger partial charge in [0.1, 0.15) is 0 Å². The maximum absolute atomic E-state index is 12.2. The number of imidazole rings is 1. The summed E-state index contributed by atoms with van der Waals surface area (Å²) in [4.78, 5) is 18.1. The van der Waals surface area contributed by atoms with Crippen molar-refractivity contribution in [3.63, 3.8) is 0 Å². The van der Waals surface area contributed by atoms with Crippen LogP contribution >= 0.6 is 0 Å². The zero-order valence-electron chi connectivity index (χ0n) is 11.5. The molecule has 0 bridgehead atoms. The Labute approximate surface area is 114 Å². The van der Waals surface area contributed by atoms with E-state index >= 15 is 0 Å². The van der Waals surface area contributed by atoms with Crippen LogP contribution in [0.4, 0.5) is 0 Å². The van der Waals surface area contributed by atoms with Crippen LogP contribution in [-0.2, 0) is 11.3 Å². The minimum Gasteiger partial charge on any atom is -0.393 e. The van der Waals surface area contributed by atoms with Crippen LogP contribution in [0.3, 0.4) is 0 Å². The molecule has 0 radical (unpaired) electrons. The smallest absolute Gasteiger partial charge is 0.222 e. The molecular formula is C14H23N3O2. The summed E-state index contributed by atoms with van der Waals surface area (Å²) >= 11 is 0. The summed E-state index contributed by atoms with van der Waals surface area (Å²) in [7, 11) is 0. The Morgan fingerprint density at radius 2 is 2.42 bits per heavy atom. The van der Waals surface area contributed by atoms with Crippen LogP contribution < -0.4 is 0 Å². The topological polar surface area (TPSA) is 58.4 Å². The van der Waals surface area contributed by atoms with Gasteiger partial charge in [0.2, 0.25) is 5.91 Å². The molecule has 1 N–H and O–H groups in total. The molecule has 1 saturated heterocycles. The SMILES string of the molecule is CC(O)CC1CCCN1C(=O)CCCn1ccnc1. The van der Waals surface area contributed by atoms with Crippen molar-refractivity contribution in [3.8, 4) is 0 Å². The van der Waals surface area contributed by atoms with Gasteiger partial charge in [-0.25, -0.2) is 4.98 Å². The number of aryl methyl sites for hydroxylation is 1. The first-order valence-corrected chi connectivity index (χ1v) is 7.10. The van der Waals surface area contributed by atoms with Gasteiger partial charge in [0, 0.05) is 37.9 Å². The summed E-state index contributed by atoms with van der Waals surface area (Å²) < 4.78 is 1.99. The first-order chi connectivity index (χ1) is 9.16. The molecule has 1 amide bonds. The third-order valence-corrected chi connectivity index (χ3v) is 3.68. The van der Waals surface area contributed by atoms with E-state index in [1.165, 1.54) is 0 Å². The summed E-state index contributed by atoms with van der Waals surface area (Å²) in [6, 6.07) is 0.237. The molecule has 5 nitrogen and oxygen atoms in total. The van der Waals surface area contributed by atoms with Crippen molar-refractivity contribution in [2.45, 2.75) is 57.7 Å². The van der Waals surface area contributed by atoms with Crippen molar-refractivity contribution >= 4 is 5.91 Å². The first-order valence-electron chi connectivity index (χ1n) is 7.10. The molecular weight excluding hydrogens is 242 g/mol. The average Bonchev–Trinajstić information content (AvgIpc) is 2.99. The molecule has 2 unspecified atom stereocenters. The maximum atomic E-state index is 12.2. The van der Waals surface area contributed by atoms with E-state index < -0.39 is 0 Å². The number of likely N-dealkylation sites (tertiary alicyclic amines) is 1. The fourth-order valence-corrected chi connectivity index (χ4v) is 2.78. The fraction of sp³-hybridized carbons (Fsp3) is 0.714. The molecule has 106 valence electrons. The molecule has 0 aromatic carbocycles. The van der Waals surface area contributed by atoms with Gasteiger partial charge in [-0.05, 0) is 32.6 Å². The van der Waals surface area contributed by atoms with E-state index in [0.29, 0.717) is 12.8 Å². The van der Waals surface area contributed by atoms with Gasteiger partial charge in [0.25, 0.3) is 0 Å². The summed E-state index contributed by atoms with van der Waals surface area (Å²) in [5.74, 6) is 0.225. The van der Waals surface area contributed by atoms with Gasteiger partial charge in [0.15, 0.2) is 0 Å². The van der Waals surface area contributed by atoms with Crippen LogP contribution in [0.1, 0.15) is 39.0 Å². The van der Waals surface area contributed by atoms with Crippen molar-refractivity contribution in [1.82, 2.24) is 14.5 Å². The number of hydrogen-bond donors (Lipinski definition) is 1. The minimum atomic E-state index is -0.329. The second-order valence-electron chi connectivity index (χ2n) is 5.37. The van der Waals surface area contributed by atoms with E-state index in [1.54, 1.807) is 19.4 Å². The number of carbonyl (C=O) groups is 1. The number of aliphatic hydroxyl groups is 1. The molecule has 2 rings (SSSR count). The number of hydrogen-bond acceptors (Lipinski definition) is 3. The predicted octanol–water partition coefficient (Wildman–Crippen LogP) is 1.43. The number of aliphatic hydroxyl groups excluding tert-OH is 1. The molecule has 0 spiro atoms. The summed E-state index contributed by atoms with van der Waals surface area (Å²) in [5, 5.41) is 9.47. The summed E-state index contributed by atoms with van der Waals surface area (Å²) in [5.41, 5.74) is 0. The Morgan fingerprint density at radius 1 is 1.58 bits per heavy atom. The molecule has 1 aromatic rings. The second kappa shape index (κ2) is 6.70. The Balaban J connectivity index is 1.75. The van der Waals surface area contributed by atoms with Gasteiger partial charge >= 0.3 is 0 Å². The zero-order chi connectivity index (χ0) is 13.7. The van der Waals surface area contributed by atoms with E-state index in [0.717, 1.165) is 32.4 Å². The fourth-order valence-electron chi connectivity index (χ4n) is 2.78. The molecule has 2 heterocycles. The van der Waals surface area contributed by atoms with Crippen molar-refractivity contribution in [2.75, 3.05) is 6.54 Å². The quantitative estimate of drug-likeness (QED) is 0.846. The third-order valence-electron chi connectivity index (χ3n) is 3.68. The number of carbonyl (C=O) groups excluding carboxylic acids is 1. The standard InChI is InChI=1S/C14H23N3O2/c1-12(18)10-13-4-2-8-17(13)14(19)5-3-7-16-9-6-15-11-16/h6,9,11-13,18H,2-5,7-8,10H2,1H3. The lowest BCUT2D eigenvalue weighted by Crippen LogP contribution is -2.37. The number of amides is 1. The Kier molecular flexibility index (Phi) is 4.96. The Morgan fingerprint density at radius 3 is 3.11 bits per heavy atom. The van der Waals surface area contributed by atoms with Crippen LogP contribution in [-0.4, -0.2) is 44.2 Å². The largest absolute Gasteiger partial charge is 0.393 e. The lowest BCUT2D eigenvalue weighted by molar-refractivity contribution is -0.132. The highest BCUT2D eigenvalue weighted by Gasteiger charge is 2.28. The van der Waals surface area contributed by atoms with Gasteiger partial charge in [0.05, 0.1) is 12.4 Å². The second-order valence-corrected chi connectivity index (χ2v) is 5.37. The van der Waals surface area contributed by atoms with E-state index in [4.69, 9.17) is 0 Å². The van der Waals surface area contributed by atoms with E-state index in [-0.39, 0.29) is 18.1 Å². The van der Waals surface area contributed by atoms with Crippen molar-refractivity contribution in [1.29, 1.82) is 0 Å². The molecule has 5 heteroatoms. The summed E-state index contributed by atoms with van der Waals surface area (Å²) in [6.45, 7) is 3.47. The van der Waals surface area contributed by atoms with Gasteiger partial charge in [-0.15, -0.1) is 0 Å². The number of aromatic nitrogens is 2. The van der Waals surface area contributed by atoms with Gasteiger partial charge in [-0.3, -0.25) is 4.79 Å². The first kappa shape index (κ1) is 14.1. The lowest BCUT2D eigenvalue weighted by Gasteiger charge is -2.25. The van der Waals surface area contributed by atoms with Gasteiger partial charge in [-0.2, -0.15) is 0 Å². The highest BCUT2D eigenvalue weighted by Crippen LogP contribution is 2.22. The average molecular weight is 265 g/mol. The van der Waals surface area contributed by atoms with E-state index in [2.05, 4.69) is 4.98 Å². The van der Waals surface area contributed by atoms with Crippen LogP contribution in [0.15, 0.2) is 18.7 Å². The molecule has 0 saturated carbocycles. The van der Waals surface area contributed by atoms with Gasteiger partial charge in [-0.1, -0.05) is 0 Å². The molecule has 1 aliphatic heterocycles. The molecule has 19 heavy (non-hydrogen) atoms. The van der Waals surface area contributed by atoms with Crippen LogP contribution in [0.25, 0.3) is 0 Å². The molecule has 2 atom stereocenters. The Bertz CT molecular complexity index is 389. The highest BCUT2D eigenvalue weighted by molar-refractivity contribution is 5.76. The lowest BCUT2D eigenvalue weighted by atomic mass is 10.1. The van der Waals surface area contributed by atoms with Crippen molar-refractivity contribution < 1.29 is 9.90 Å². The van der Waals surface area contributed by atoms with Crippen molar-refractivity contribution in [2.24, 2.45) is 0 Å². The van der Waals surface area contributed by atoms with E-state index in [9.17, 15) is 9.90 Å². The monoisotopic (exact) mass is 265 g/mol. The zero-order valence-corrected chi connectivity index (χ0v) is 11.5. The van der Waals surface area contributed by atoms with Crippen LogP contribution in [0.2, 0.25) is 0 Å².